The minimum absolute atomic E-state index is 0.371. The van der Waals surface area contributed by atoms with Crippen LogP contribution in [0.1, 0.15) is 22.3 Å². The van der Waals surface area contributed by atoms with Gasteiger partial charge in [0.15, 0.2) is 0 Å². The smallest absolute Gasteiger partial charge is 0.0725 e. The van der Waals surface area contributed by atoms with Gasteiger partial charge in [0.1, 0.15) is 0 Å². The molecule has 0 saturated carbocycles. The predicted octanol–water partition coefficient (Wildman–Crippen LogP) is 14.3. The molecule has 1 heterocycles. The molecule has 2 nitrogen and oxygen atoms in total. The predicted molar refractivity (Wildman–Crippen MR) is 237 cm³/mol. The number of para-hydroxylation sites is 2. The topological polar surface area (TPSA) is 8.17 Å². The fourth-order valence-electron chi connectivity index (χ4n) is 10.1. The summed E-state index contributed by atoms with van der Waals surface area (Å²) in [6.07, 6.45) is 0. The summed E-state index contributed by atoms with van der Waals surface area (Å²) in [7, 11) is 0. The molecular weight excluding hydrogens is 689 g/mol. The summed E-state index contributed by atoms with van der Waals surface area (Å²) >= 11 is 0. The molecule has 0 amide bonds. The van der Waals surface area contributed by atoms with Gasteiger partial charge >= 0.3 is 0 Å². The van der Waals surface area contributed by atoms with E-state index in [0.29, 0.717) is 0 Å². The van der Waals surface area contributed by atoms with Crippen LogP contribution in [0, 0.1) is 0 Å². The normalized spacial score (nSPS) is 13.1. The Labute approximate surface area is 332 Å². The van der Waals surface area contributed by atoms with Crippen LogP contribution >= 0.6 is 0 Å². The lowest BCUT2D eigenvalue weighted by atomic mass is 9.70. The van der Waals surface area contributed by atoms with Crippen molar-refractivity contribution >= 4 is 38.9 Å². The summed E-state index contributed by atoms with van der Waals surface area (Å²) in [5.74, 6) is 0. The van der Waals surface area contributed by atoms with Crippen LogP contribution in [0.15, 0.2) is 218 Å². The summed E-state index contributed by atoms with van der Waals surface area (Å²) in [6.45, 7) is 0. The van der Waals surface area contributed by atoms with Gasteiger partial charge in [0.25, 0.3) is 0 Å². The van der Waals surface area contributed by atoms with Gasteiger partial charge in [0, 0.05) is 33.5 Å². The van der Waals surface area contributed by atoms with Gasteiger partial charge in [-0.3, -0.25) is 0 Å². The van der Waals surface area contributed by atoms with Gasteiger partial charge in [-0.1, -0.05) is 158 Å². The van der Waals surface area contributed by atoms with Crippen molar-refractivity contribution in [2.24, 2.45) is 0 Å². The van der Waals surface area contributed by atoms with Gasteiger partial charge < -0.3 is 9.47 Å². The van der Waals surface area contributed by atoms with E-state index in [1.807, 2.05) is 0 Å². The zero-order chi connectivity index (χ0) is 37.5. The summed E-state index contributed by atoms with van der Waals surface area (Å²) < 4.78 is 2.39. The third kappa shape index (κ3) is 4.53. The Morgan fingerprint density at radius 2 is 0.737 bits per heavy atom. The molecule has 0 fully saturated rings. The van der Waals surface area contributed by atoms with Crippen molar-refractivity contribution in [1.29, 1.82) is 0 Å². The molecule has 0 N–H and O–H groups in total. The van der Waals surface area contributed by atoms with Crippen molar-refractivity contribution in [1.82, 2.24) is 4.57 Å². The van der Waals surface area contributed by atoms with E-state index in [-0.39, 0.29) is 5.41 Å². The molecule has 0 radical (unpaired) electrons. The second-order valence-corrected chi connectivity index (χ2v) is 15.3. The van der Waals surface area contributed by atoms with E-state index in [2.05, 4.69) is 228 Å². The molecule has 2 aliphatic rings. The fraction of sp³-hybridized carbons (Fsp3) is 0.0182. The Kier molecular flexibility index (Phi) is 6.88. The molecule has 0 unspecified atom stereocenters. The number of benzene rings is 9. The third-order valence-electron chi connectivity index (χ3n) is 12.4. The number of nitrogens with zero attached hydrogens (tertiary/aromatic N) is 2. The molecule has 9 aromatic carbocycles. The van der Waals surface area contributed by atoms with Gasteiger partial charge in [-0.15, -0.1) is 0 Å². The van der Waals surface area contributed by atoms with Crippen LogP contribution in [0.5, 0.6) is 0 Å². The highest BCUT2D eigenvalue weighted by Gasteiger charge is 2.51. The van der Waals surface area contributed by atoms with Crippen LogP contribution in [0.4, 0.5) is 17.1 Å². The number of fused-ring (bicyclic) bond motifs is 13. The highest BCUT2D eigenvalue weighted by Crippen LogP contribution is 2.63. The summed E-state index contributed by atoms with van der Waals surface area (Å²) in [4.78, 5) is 2.41. The average Bonchev–Trinajstić information content (AvgIpc) is 3.89. The maximum atomic E-state index is 2.43. The van der Waals surface area contributed by atoms with Crippen molar-refractivity contribution in [3.05, 3.63) is 241 Å². The maximum Gasteiger partial charge on any atom is 0.0725 e. The van der Waals surface area contributed by atoms with E-state index < -0.39 is 0 Å². The van der Waals surface area contributed by atoms with Gasteiger partial charge in [-0.2, -0.15) is 0 Å². The molecule has 10 aromatic rings. The molecule has 0 bridgehead atoms. The second kappa shape index (κ2) is 12.3. The van der Waals surface area contributed by atoms with Gasteiger partial charge in [-0.25, -0.2) is 0 Å². The lowest BCUT2D eigenvalue weighted by Gasteiger charge is -2.31. The molecule has 0 saturated heterocycles. The van der Waals surface area contributed by atoms with Crippen molar-refractivity contribution in [2.75, 3.05) is 4.90 Å². The standard InChI is InChI=1S/C55H36N2/c1-2-14-37(15-3-1)38-26-28-39(29-27-38)56(40-30-32-41(33-31-40)57-53-24-12-7-19-46(53)47-20-8-13-25-54(47)57)42-34-35-52-48(36-42)45-18-6-11-23-51(45)55(52)49-21-9-4-16-43(49)44-17-5-10-22-50(44)55/h1-36H. The van der Waals surface area contributed by atoms with Gasteiger partial charge in [0.2, 0.25) is 0 Å². The van der Waals surface area contributed by atoms with Crippen LogP contribution in [0.3, 0.4) is 0 Å². The van der Waals surface area contributed by atoms with Crippen LogP contribution < -0.4 is 4.90 Å². The molecule has 1 aromatic heterocycles. The molecule has 57 heavy (non-hydrogen) atoms. The summed E-state index contributed by atoms with van der Waals surface area (Å²) in [5, 5.41) is 2.53. The third-order valence-corrected chi connectivity index (χ3v) is 12.4. The molecule has 2 aliphatic carbocycles. The van der Waals surface area contributed by atoms with Crippen molar-refractivity contribution in [2.45, 2.75) is 5.41 Å². The average molecular weight is 725 g/mol. The minimum Gasteiger partial charge on any atom is -0.310 e. The second-order valence-electron chi connectivity index (χ2n) is 15.3. The van der Waals surface area contributed by atoms with Crippen LogP contribution in [-0.4, -0.2) is 4.57 Å². The van der Waals surface area contributed by atoms with Gasteiger partial charge in [0.05, 0.1) is 16.4 Å². The zero-order valence-electron chi connectivity index (χ0n) is 31.2. The Morgan fingerprint density at radius 3 is 1.32 bits per heavy atom. The van der Waals surface area contributed by atoms with Crippen LogP contribution in [0.25, 0.3) is 60.9 Å². The minimum atomic E-state index is -0.371. The summed E-state index contributed by atoms with van der Waals surface area (Å²) in [6, 6.07) is 80.4. The van der Waals surface area contributed by atoms with E-state index in [1.165, 1.54) is 77.4 Å². The van der Waals surface area contributed by atoms with Crippen molar-refractivity contribution in [3.8, 4) is 39.1 Å². The SMILES string of the molecule is c1ccc(-c2ccc(N(c3ccc(-n4c5ccccc5c5ccccc54)cc3)c3ccc4c(c3)-c3ccccc3C43c4ccccc4-c4ccccc43)cc2)cc1. The van der Waals surface area contributed by atoms with E-state index in [9.17, 15) is 0 Å². The molecule has 0 aliphatic heterocycles. The highest BCUT2D eigenvalue weighted by molar-refractivity contribution is 6.09. The van der Waals surface area contributed by atoms with Crippen molar-refractivity contribution in [3.63, 3.8) is 0 Å². The number of anilines is 3. The number of hydrogen-bond donors (Lipinski definition) is 0. The molecule has 2 heteroatoms. The first-order valence-corrected chi connectivity index (χ1v) is 19.8. The van der Waals surface area contributed by atoms with E-state index in [1.54, 1.807) is 0 Å². The first-order valence-electron chi connectivity index (χ1n) is 19.8. The summed E-state index contributed by atoms with van der Waals surface area (Å²) in [5.41, 5.74) is 19.6. The van der Waals surface area contributed by atoms with Gasteiger partial charge in [-0.05, 0) is 116 Å². The number of hydrogen-bond acceptors (Lipinski definition) is 1. The quantitative estimate of drug-likeness (QED) is 0.172. The lowest BCUT2D eigenvalue weighted by molar-refractivity contribution is 0.794. The fourth-order valence-corrected chi connectivity index (χ4v) is 10.1. The lowest BCUT2D eigenvalue weighted by Crippen LogP contribution is -2.25. The maximum absolute atomic E-state index is 2.43. The molecule has 12 rings (SSSR count). The largest absolute Gasteiger partial charge is 0.310 e. The number of rotatable bonds is 5. The molecule has 1 spiro atoms. The van der Waals surface area contributed by atoms with Crippen LogP contribution in [-0.2, 0) is 5.41 Å². The Hall–Kier alpha value is -7.42. The molecule has 266 valence electrons. The van der Waals surface area contributed by atoms with E-state index in [4.69, 9.17) is 0 Å². The first kappa shape index (κ1) is 31.9. The Bertz CT molecular complexity index is 3070. The van der Waals surface area contributed by atoms with Crippen molar-refractivity contribution < 1.29 is 0 Å². The first-order chi connectivity index (χ1) is 28.3. The molecular formula is C55H36N2. The van der Waals surface area contributed by atoms with Crippen LogP contribution in [0.2, 0.25) is 0 Å². The van der Waals surface area contributed by atoms with E-state index >= 15 is 0 Å². The number of aromatic nitrogens is 1. The molecule has 0 atom stereocenters. The highest BCUT2D eigenvalue weighted by atomic mass is 15.1. The Balaban J connectivity index is 1.04. The Morgan fingerprint density at radius 1 is 0.316 bits per heavy atom. The zero-order valence-corrected chi connectivity index (χ0v) is 31.2. The monoisotopic (exact) mass is 724 g/mol. The van der Waals surface area contributed by atoms with E-state index in [0.717, 1.165) is 22.7 Å².